The lowest BCUT2D eigenvalue weighted by molar-refractivity contribution is 0.146. The molecule has 2 aromatic rings. The van der Waals surface area contributed by atoms with Crippen molar-refractivity contribution in [3.05, 3.63) is 42.5 Å². The van der Waals surface area contributed by atoms with Gasteiger partial charge in [-0.25, -0.2) is 0 Å². The highest BCUT2D eigenvalue weighted by Gasteiger charge is 2.07. The summed E-state index contributed by atoms with van der Waals surface area (Å²) in [6, 6.07) is 13.3. The van der Waals surface area contributed by atoms with Crippen LogP contribution >= 0.6 is 0 Å². The molecule has 4 N–H and O–H groups in total. The van der Waals surface area contributed by atoms with Gasteiger partial charge in [0.15, 0.2) is 0 Å². The van der Waals surface area contributed by atoms with E-state index in [1.165, 1.54) is 0 Å². The lowest BCUT2D eigenvalue weighted by Crippen LogP contribution is -2.05. The molecule has 0 fully saturated rings. The van der Waals surface area contributed by atoms with Crippen LogP contribution in [-0.4, -0.2) is 20.3 Å². The minimum Gasteiger partial charge on any atom is -0.490 e. The molecule has 0 aliphatic carbocycles. The number of rotatable bonds is 5. The third-order valence-electron chi connectivity index (χ3n) is 2.77. The summed E-state index contributed by atoms with van der Waals surface area (Å²) < 4.78 is 10.7. The maximum absolute atomic E-state index is 5.80. The average molecular weight is 258 g/mol. The molecule has 0 atom stereocenters. The maximum atomic E-state index is 5.80. The van der Waals surface area contributed by atoms with Crippen molar-refractivity contribution in [3.8, 4) is 16.9 Å². The maximum Gasteiger partial charge on any atom is 0.129 e. The van der Waals surface area contributed by atoms with Crippen LogP contribution in [0.2, 0.25) is 0 Å². The van der Waals surface area contributed by atoms with Crippen LogP contribution in [0.1, 0.15) is 0 Å². The van der Waals surface area contributed by atoms with Crippen LogP contribution in [0.25, 0.3) is 11.1 Å². The summed E-state index contributed by atoms with van der Waals surface area (Å²) >= 11 is 0. The number of methoxy groups -OCH3 is 1. The topological polar surface area (TPSA) is 70.5 Å². The largest absolute Gasteiger partial charge is 0.490 e. The van der Waals surface area contributed by atoms with E-state index in [0.29, 0.717) is 18.9 Å². The van der Waals surface area contributed by atoms with Crippen LogP contribution in [0.5, 0.6) is 5.75 Å². The van der Waals surface area contributed by atoms with E-state index in [1.54, 1.807) is 7.11 Å². The Labute approximate surface area is 112 Å². The highest BCUT2D eigenvalue weighted by atomic mass is 16.5. The first-order valence-electron chi connectivity index (χ1n) is 6.08. The van der Waals surface area contributed by atoms with Gasteiger partial charge in [-0.2, -0.15) is 0 Å². The molecule has 0 aliphatic heterocycles. The van der Waals surface area contributed by atoms with Crippen molar-refractivity contribution in [2.75, 3.05) is 31.8 Å². The second-order valence-corrected chi connectivity index (χ2v) is 4.22. The van der Waals surface area contributed by atoms with E-state index < -0.39 is 0 Å². The van der Waals surface area contributed by atoms with Gasteiger partial charge in [0.2, 0.25) is 0 Å². The Hall–Kier alpha value is -2.20. The predicted octanol–water partition coefficient (Wildman–Crippen LogP) is 2.54. The zero-order valence-electron chi connectivity index (χ0n) is 10.9. The normalized spacial score (nSPS) is 10.4. The predicted molar refractivity (Wildman–Crippen MR) is 78.1 cm³/mol. The quantitative estimate of drug-likeness (QED) is 0.638. The van der Waals surface area contributed by atoms with Gasteiger partial charge in [0.05, 0.1) is 6.61 Å². The van der Waals surface area contributed by atoms with Gasteiger partial charge in [-0.15, -0.1) is 0 Å². The fourth-order valence-corrected chi connectivity index (χ4v) is 1.79. The molecule has 0 radical (unpaired) electrons. The van der Waals surface area contributed by atoms with Crippen molar-refractivity contribution in [3.63, 3.8) is 0 Å². The van der Waals surface area contributed by atoms with Gasteiger partial charge in [-0.1, -0.05) is 12.1 Å². The van der Waals surface area contributed by atoms with Gasteiger partial charge < -0.3 is 20.9 Å². The lowest BCUT2D eigenvalue weighted by atomic mass is 10.0. The summed E-state index contributed by atoms with van der Waals surface area (Å²) in [6.45, 7) is 1.03. The van der Waals surface area contributed by atoms with Crippen LogP contribution in [0.4, 0.5) is 11.4 Å². The van der Waals surface area contributed by atoms with Gasteiger partial charge >= 0.3 is 0 Å². The first-order chi connectivity index (χ1) is 9.20. The first-order valence-corrected chi connectivity index (χ1v) is 6.08. The lowest BCUT2D eigenvalue weighted by Gasteiger charge is -2.12. The number of nitrogen functional groups attached to an aromatic ring is 2. The van der Waals surface area contributed by atoms with Crippen LogP contribution in [-0.2, 0) is 4.74 Å². The molecule has 100 valence electrons. The van der Waals surface area contributed by atoms with Crippen molar-refractivity contribution in [2.24, 2.45) is 0 Å². The van der Waals surface area contributed by atoms with Crippen molar-refractivity contribution in [1.29, 1.82) is 0 Å². The molecule has 0 spiro atoms. The van der Waals surface area contributed by atoms with E-state index in [0.717, 1.165) is 22.6 Å². The van der Waals surface area contributed by atoms with E-state index in [9.17, 15) is 0 Å². The smallest absolute Gasteiger partial charge is 0.129 e. The fourth-order valence-electron chi connectivity index (χ4n) is 1.79. The van der Waals surface area contributed by atoms with E-state index in [4.69, 9.17) is 20.9 Å². The minimum absolute atomic E-state index is 0.488. The van der Waals surface area contributed by atoms with E-state index in [1.807, 2.05) is 42.5 Å². The number of benzene rings is 2. The molecule has 0 saturated heterocycles. The van der Waals surface area contributed by atoms with Crippen LogP contribution in [0.3, 0.4) is 0 Å². The van der Waals surface area contributed by atoms with E-state index >= 15 is 0 Å². The minimum atomic E-state index is 0.488. The Morgan fingerprint density at radius 3 is 2.26 bits per heavy atom. The molecule has 0 saturated carbocycles. The standard InChI is InChI=1S/C15H18N2O2/c1-18-8-9-19-15-10-13(17)6-7-14(15)11-2-4-12(16)5-3-11/h2-7,10H,8-9,16-17H2,1H3. The summed E-state index contributed by atoms with van der Waals surface area (Å²) in [6.07, 6.45) is 0. The van der Waals surface area contributed by atoms with Gasteiger partial charge in [-0.3, -0.25) is 0 Å². The van der Waals surface area contributed by atoms with Crippen LogP contribution < -0.4 is 16.2 Å². The molecule has 0 bridgehead atoms. The molecule has 19 heavy (non-hydrogen) atoms. The molecule has 0 unspecified atom stereocenters. The highest BCUT2D eigenvalue weighted by molar-refractivity contribution is 5.74. The zero-order valence-corrected chi connectivity index (χ0v) is 10.9. The molecular weight excluding hydrogens is 240 g/mol. The SMILES string of the molecule is COCCOc1cc(N)ccc1-c1ccc(N)cc1. The Bertz CT molecular complexity index is 538. The molecule has 4 heteroatoms. The Morgan fingerprint density at radius 1 is 0.895 bits per heavy atom. The summed E-state index contributed by atoms with van der Waals surface area (Å²) in [7, 11) is 1.64. The molecule has 0 aromatic heterocycles. The van der Waals surface area contributed by atoms with Crippen molar-refractivity contribution < 1.29 is 9.47 Å². The van der Waals surface area contributed by atoms with Crippen molar-refractivity contribution in [2.45, 2.75) is 0 Å². The number of hydrogen-bond acceptors (Lipinski definition) is 4. The third-order valence-corrected chi connectivity index (χ3v) is 2.77. The van der Waals surface area contributed by atoms with Gasteiger partial charge in [0, 0.05) is 30.1 Å². The third kappa shape index (κ3) is 3.39. The first kappa shape index (κ1) is 13.2. The van der Waals surface area contributed by atoms with Crippen molar-refractivity contribution in [1.82, 2.24) is 0 Å². The molecule has 4 nitrogen and oxygen atoms in total. The van der Waals surface area contributed by atoms with Gasteiger partial charge in [-0.05, 0) is 29.8 Å². The summed E-state index contributed by atoms with van der Waals surface area (Å²) in [5, 5.41) is 0. The highest BCUT2D eigenvalue weighted by Crippen LogP contribution is 2.32. The number of ether oxygens (including phenoxy) is 2. The monoisotopic (exact) mass is 258 g/mol. The second kappa shape index (κ2) is 6.11. The molecular formula is C15H18N2O2. The Kier molecular flexibility index (Phi) is 4.26. The molecule has 2 rings (SSSR count). The van der Waals surface area contributed by atoms with Crippen LogP contribution in [0, 0.1) is 0 Å². The number of nitrogens with two attached hydrogens (primary N) is 2. The fraction of sp³-hybridized carbons (Fsp3) is 0.200. The summed E-state index contributed by atoms with van der Waals surface area (Å²) in [5.74, 6) is 0.752. The Balaban J connectivity index is 2.30. The van der Waals surface area contributed by atoms with Gasteiger partial charge in [0.1, 0.15) is 12.4 Å². The van der Waals surface area contributed by atoms with Gasteiger partial charge in [0.25, 0.3) is 0 Å². The molecule has 0 heterocycles. The molecule has 0 amide bonds. The number of hydrogen-bond donors (Lipinski definition) is 2. The summed E-state index contributed by atoms with van der Waals surface area (Å²) in [5.41, 5.74) is 14.9. The van der Waals surface area contributed by atoms with E-state index in [2.05, 4.69) is 0 Å². The van der Waals surface area contributed by atoms with E-state index in [-0.39, 0.29) is 0 Å². The summed E-state index contributed by atoms with van der Waals surface area (Å²) in [4.78, 5) is 0. The van der Waals surface area contributed by atoms with Crippen LogP contribution in [0.15, 0.2) is 42.5 Å². The second-order valence-electron chi connectivity index (χ2n) is 4.22. The molecule has 0 aliphatic rings. The molecule has 2 aromatic carbocycles. The average Bonchev–Trinajstić information content (AvgIpc) is 2.41. The van der Waals surface area contributed by atoms with Crippen molar-refractivity contribution >= 4 is 11.4 Å². The number of anilines is 2. The Morgan fingerprint density at radius 2 is 1.58 bits per heavy atom. The zero-order chi connectivity index (χ0) is 13.7.